The lowest BCUT2D eigenvalue weighted by Gasteiger charge is -2.07. The van der Waals surface area contributed by atoms with E-state index in [1.807, 2.05) is 0 Å². The summed E-state index contributed by atoms with van der Waals surface area (Å²) >= 11 is 4.38. The highest BCUT2D eigenvalue weighted by atomic mass is 32.2. The third kappa shape index (κ3) is 9.18. The molecule has 9 heteroatoms. The first-order valence-electron chi connectivity index (χ1n) is 9.59. The number of nitrogens with one attached hydrogen (secondary N) is 2. The fourth-order valence-electron chi connectivity index (χ4n) is 2.27. The zero-order valence-electron chi connectivity index (χ0n) is 17.2. The third-order valence-electron chi connectivity index (χ3n) is 3.98. The molecule has 1 heterocycles. The van der Waals surface area contributed by atoms with E-state index in [0.717, 1.165) is 20.9 Å². The van der Waals surface area contributed by atoms with Crippen molar-refractivity contribution in [1.29, 1.82) is 0 Å². The molecule has 2 aromatic rings. The van der Waals surface area contributed by atoms with E-state index in [4.69, 9.17) is 0 Å². The number of amides is 3. The van der Waals surface area contributed by atoms with Crippen molar-refractivity contribution in [3.8, 4) is 0 Å². The summed E-state index contributed by atoms with van der Waals surface area (Å²) in [6.07, 6.45) is 0.878. The first-order chi connectivity index (χ1) is 13.8. The molecule has 0 bridgehead atoms. The van der Waals surface area contributed by atoms with Crippen LogP contribution in [0.2, 0.25) is 0 Å². The van der Waals surface area contributed by atoms with Crippen molar-refractivity contribution in [2.75, 3.05) is 12.3 Å². The Bertz CT molecular complexity index is 791. The van der Waals surface area contributed by atoms with Crippen LogP contribution in [0.1, 0.15) is 51.2 Å². The fraction of sp³-hybridized carbons (Fsp3) is 0.500. The molecule has 158 valence electrons. The molecule has 0 spiro atoms. The van der Waals surface area contributed by atoms with E-state index in [2.05, 4.69) is 72.8 Å². The van der Waals surface area contributed by atoms with E-state index in [1.165, 1.54) is 34.2 Å². The van der Waals surface area contributed by atoms with Crippen molar-refractivity contribution >= 4 is 46.8 Å². The Morgan fingerprint density at radius 1 is 1.03 bits per heavy atom. The zero-order chi connectivity index (χ0) is 21.2. The van der Waals surface area contributed by atoms with Crippen LogP contribution < -0.4 is 10.6 Å². The van der Waals surface area contributed by atoms with Gasteiger partial charge in [-0.15, -0.1) is 10.2 Å². The first kappa shape index (κ1) is 23.7. The molecule has 0 aliphatic carbocycles. The SMILES string of the molecule is CC(C)CCNC(=O)NC(=O)CSc1nnc(SCc2ccc(C(C)C)cc2)s1. The molecule has 1 aromatic heterocycles. The van der Waals surface area contributed by atoms with Gasteiger partial charge < -0.3 is 5.32 Å². The van der Waals surface area contributed by atoms with Crippen LogP contribution in [0.4, 0.5) is 4.79 Å². The van der Waals surface area contributed by atoms with Gasteiger partial charge in [0.15, 0.2) is 8.68 Å². The number of aromatic nitrogens is 2. The van der Waals surface area contributed by atoms with Crippen molar-refractivity contribution in [2.45, 2.75) is 54.5 Å². The molecule has 2 N–H and O–H groups in total. The average molecular weight is 453 g/mol. The first-order valence-corrected chi connectivity index (χ1v) is 12.4. The van der Waals surface area contributed by atoms with Crippen LogP contribution >= 0.6 is 34.9 Å². The summed E-state index contributed by atoms with van der Waals surface area (Å²) in [7, 11) is 0. The molecular formula is C20H28N4O2S3. The Balaban J connectivity index is 1.70. The maximum atomic E-state index is 11.9. The van der Waals surface area contributed by atoms with Gasteiger partial charge in [-0.05, 0) is 29.4 Å². The number of carbonyl (C=O) groups is 2. The van der Waals surface area contributed by atoms with Crippen LogP contribution in [0, 0.1) is 5.92 Å². The van der Waals surface area contributed by atoms with Crippen LogP contribution in [0.15, 0.2) is 32.9 Å². The quantitative estimate of drug-likeness (QED) is 0.498. The van der Waals surface area contributed by atoms with Crippen molar-refractivity contribution in [3.05, 3.63) is 35.4 Å². The topological polar surface area (TPSA) is 84.0 Å². The number of benzene rings is 1. The second-order valence-electron chi connectivity index (χ2n) is 7.29. The predicted molar refractivity (Wildman–Crippen MR) is 122 cm³/mol. The summed E-state index contributed by atoms with van der Waals surface area (Å²) in [6.45, 7) is 9.09. The molecule has 0 aliphatic heterocycles. The largest absolute Gasteiger partial charge is 0.338 e. The van der Waals surface area contributed by atoms with Gasteiger partial charge in [-0.3, -0.25) is 10.1 Å². The summed E-state index contributed by atoms with van der Waals surface area (Å²) in [5.41, 5.74) is 2.58. The minimum absolute atomic E-state index is 0.133. The summed E-state index contributed by atoms with van der Waals surface area (Å²) in [4.78, 5) is 23.5. The van der Waals surface area contributed by atoms with Gasteiger partial charge in [0.05, 0.1) is 5.75 Å². The van der Waals surface area contributed by atoms with Gasteiger partial charge in [0.1, 0.15) is 0 Å². The molecule has 0 saturated carbocycles. The highest BCUT2D eigenvalue weighted by molar-refractivity contribution is 8.03. The predicted octanol–water partition coefficient (Wildman–Crippen LogP) is 4.92. The van der Waals surface area contributed by atoms with Gasteiger partial charge in [0.2, 0.25) is 5.91 Å². The highest BCUT2D eigenvalue weighted by Gasteiger charge is 2.11. The van der Waals surface area contributed by atoms with E-state index in [-0.39, 0.29) is 11.7 Å². The van der Waals surface area contributed by atoms with Gasteiger partial charge >= 0.3 is 6.03 Å². The second kappa shape index (κ2) is 12.2. The molecule has 0 unspecified atom stereocenters. The van der Waals surface area contributed by atoms with E-state index < -0.39 is 6.03 Å². The molecule has 2 rings (SSSR count). The molecule has 0 fully saturated rings. The number of carbonyl (C=O) groups excluding carboxylic acids is 2. The standard InChI is InChI=1S/C20H28N4O2S3/c1-13(2)9-10-21-18(26)22-17(25)12-28-20-24-23-19(29-20)27-11-15-5-7-16(8-6-15)14(3)4/h5-8,13-14H,9-12H2,1-4H3,(H2,21,22,25,26). The molecule has 0 atom stereocenters. The van der Waals surface area contributed by atoms with Crippen molar-refractivity contribution < 1.29 is 9.59 Å². The molecule has 29 heavy (non-hydrogen) atoms. The number of urea groups is 1. The van der Waals surface area contributed by atoms with Crippen LogP contribution in [-0.2, 0) is 10.5 Å². The normalized spacial score (nSPS) is 11.1. The summed E-state index contributed by atoms with van der Waals surface area (Å²) in [5.74, 6) is 1.65. The van der Waals surface area contributed by atoms with Crippen molar-refractivity contribution in [2.24, 2.45) is 5.92 Å². The van der Waals surface area contributed by atoms with Gasteiger partial charge in [-0.2, -0.15) is 0 Å². The van der Waals surface area contributed by atoms with Crippen molar-refractivity contribution in [3.63, 3.8) is 0 Å². The maximum Gasteiger partial charge on any atom is 0.321 e. The Hall–Kier alpha value is -1.58. The Kier molecular flexibility index (Phi) is 9.96. The monoisotopic (exact) mass is 452 g/mol. The highest BCUT2D eigenvalue weighted by Crippen LogP contribution is 2.30. The molecule has 0 aliphatic rings. The van der Waals surface area contributed by atoms with E-state index in [0.29, 0.717) is 18.4 Å². The second-order valence-corrected chi connectivity index (χ2v) is 10.7. The van der Waals surface area contributed by atoms with Gasteiger partial charge in [0.25, 0.3) is 0 Å². The Morgan fingerprint density at radius 2 is 1.69 bits per heavy atom. The van der Waals surface area contributed by atoms with Crippen LogP contribution in [0.25, 0.3) is 0 Å². The van der Waals surface area contributed by atoms with Gasteiger partial charge in [-0.1, -0.05) is 86.8 Å². The molecule has 0 saturated heterocycles. The minimum Gasteiger partial charge on any atom is -0.338 e. The van der Waals surface area contributed by atoms with Crippen LogP contribution in [-0.4, -0.2) is 34.4 Å². The fourth-order valence-corrected chi connectivity index (χ4v) is 5.04. The zero-order valence-corrected chi connectivity index (χ0v) is 19.7. The minimum atomic E-state index is -0.451. The number of hydrogen-bond acceptors (Lipinski definition) is 7. The maximum absolute atomic E-state index is 11.9. The van der Waals surface area contributed by atoms with Gasteiger partial charge in [-0.25, -0.2) is 4.79 Å². The summed E-state index contributed by atoms with van der Waals surface area (Å²) in [6, 6.07) is 8.18. The van der Waals surface area contributed by atoms with Crippen LogP contribution in [0.3, 0.4) is 0 Å². The molecule has 1 aromatic carbocycles. The number of rotatable bonds is 10. The van der Waals surface area contributed by atoms with Crippen molar-refractivity contribution in [1.82, 2.24) is 20.8 Å². The number of thioether (sulfide) groups is 2. The Labute approximate surface area is 185 Å². The average Bonchev–Trinajstić information content (AvgIpc) is 3.12. The molecular weight excluding hydrogens is 424 g/mol. The Morgan fingerprint density at radius 3 is 2.31 bits per heavy atom. The number of imide groups is 1. The lowest BCUT2D eigenvalue weighted by Crippen LogP contribution is -2.40. The summed E-state index contributed by atoms with van der Waals surface area (Å²) < 4.78 is 1.59. The van der Waals surface area contributed by atoms with Gasteiger partial charge in [0, 0.05) is 12.3 Å². The third-order valence-corrected chi connectivity index (χ3v) is 7.24. The van der Waals surface area contributed by atoms with E-state index in [9.17, 15) is 9.59 Å². The molecule has 3 amide bonds. The number of hydrogen-bond donors (Lipinski definition) is 2. The molecule has 0 radical (unpaired) electrons. The lowest BCUT2D eigenvalue weighted by atomic mass is 10.0. The van der Waals surface area contributed by atoms with E-state index >= 15 is 0 Å². The number of nitrogens with zero attached hydrogens (tertiary/aromatic N) is 2. The molecule has 6 nitrogen and oxygen atoms in total. The smallest absolute Gasteiger partial charge is 0.321 e. The van der Waals surface area contributed by atoms with E-state index in [1.54, 1.807) is 11.8 Å². The lowest BCUT2D eigenvalue weighted by molar-refractivity contribution is -0.117. The summed E-state index contributed by atoms with van der Waals surface area (Å²) in [5, 5.41) is 13.3. The van der Waals surface area contributed by atoms with Crippen LogP contribution in [0.5, 0.6) is 0 Å².